The van der Waals surface area contributed by atoms with Crippen LogP contribution in [0.15, 0.2) is 42.5 Å². The molecule has 0 aromatic heterocycles. The molecule has 0 radical (unpaired) electrons. The number of hydrogen-bond acceptors (Lipinski definition) is 8. The van der Waals surface area contributed by atoms with Crippen molar-refractivity contribution < 1.29 is 39.7 Å². The average Bonchev–Trinajstić information content (AvgIpc) is 2.79. The predicted molar refractivity (Wildman–Crippen MR) is 112 cm³/mol. The molecule has 0 unspecified atom stereocenters. The Morgan fingerprint density at radius 3 is 2.26 bits per heavy atom. The molecule has 1 aliphatic rings. The molecule has 31 heavy (non-hydrogen) atoms. The molecule has 1 fully saturated rings. The zero-order valence-electron chi connectivity index (χ0n) is 17.4. The second-order valence-corrected chi connectivity index (χ2v) is 7.58. The summed E-state index contributed by atoms with van der Waals surface area (Å²) >= 11 is 0. The Labute approximate surface area is 181 Å². The third-order valence-corrected chi connectivity index (χ3v) is 5.20. The zero-order chi connectivity index (χ0) is 22.4. The number of aliphatic hydroxyl groups is 5. The summed E-state index contributed by atoms with van der Waals surface area (Å²) in [6, 6.07) is 12.9. The van der Waals surface area contributed by atoms with Gasteiger partial charge in [-0.05, 0) is 41.3 Å². The van der Waals surface area contributed by atoms with Crippen molar-refractivity contribution in [2.45, 2.75) is 57.1 Å². The highest BCUT2D eigenvalue weighted by Gasteiger charge is 2.44. The minimum atomic E-state index is -1.53. The predicted octanol–water partition coefficient (Wildman–Crippen LogP) is 0.737. The van der Waals surface area contributed by atoms with Crippen molar-refractivity contribution in [2.24, 2.45) is 0 Å². The van der Waals surface area contributed by atoms with Gasteiger partial charge in [0.15, 0.2) is 0 Å². The van der Waals surface area contributed by atoms with Crippen molar-refractivity contribution in [3.8, 4) is 11.5 Å². The van der Waals surface area contributed by atoms with Crippen LogP contribution in [0.3, 0.4) is 0 Å². The molecule has 5 atom stereocenters. The zero-order valence-corrected chi connectivity index (χ0v) is 17.4. The second kappa shape index (κ2) is 10.9. The van der Waals surface area contributed by atoms with E-state index >= 15 is 0 Å². The van der Waals surface area contributed by atoms with Crippen LogP contribution in [0.1, 0.15) is 30.0 Å². The van der Waals surface area contributed by atoms with Crippen LogP contribution in [-0.4, -0.2) is 69.5 Å². The topological polar surface area (TPSA) is 129 Å². The molecule has 0 spiro atoms. The van der Waals surface area contributed by atoms with Crippen LogP contribution in [0, 0.1) is 0 Å². The van der Waals surface area contributed by atoms with Gasteiger partial charge in [-0.15, -0.1) is 0 Å². The summed E-state index contributed by atoms with van der Waals surface area (Å²) < 4.78 is 16.9. The van der Waals surface area contributed by atoms with Crippen LogP contribution in [0.5, 0.6) is 11.5 Å². The average molecular weight is 434 g/mol. The van der Waals surface area contributed by atoms with E-state index in [2.05, 4.69) is 0 Å². The Balaban J connectivity index is 1.80. The molecular weight excluding hydrogens is 404 g/mol. The SMILES string of the molecule is CCCOc1ccc(Cc2ccc(CO)cc2O[C@@H]2O[C@H](CO)[C@@H](O)[C@H](O)[C@H]2O)cc1. The van der Waals surface area contributed by atoms with Crippen LogP contribution in [0.25, 0.3) is 0 Å². The molecule has 0 aliphatic carbocycles. The van der Waals surface area contributed by atoms with E-state index in [1.807, 2.05) is 37.3 Å². The Hall–Kier alpha value is -2.20. The molecule has 1 aliphatic heterocycles. The lowest BCUT2D eigenvalue weighted by Gasteiger charge is -2.39. The molecule has 1 saturated heterocycles. The van der Waals surface area contributed by atoms with Crippen LogP contribution < -0.4 is 9.47 Å². The van der Waals surface area contributed by atoms with Gasteiger partial charge in [0.2, 0.25) is 6.29 Å². The van der Waals surface area contributed by atoms with Gasteiger partial charge in [-0.1, -0.05) is 31.2 Å². The molecule has 0 amide bonds. The minimum absolute atomic E-state index is 0.200. The molecule has 0 bridgehead atoms. The Kier molecular flexibility index (Phi) is 8.25. The summed E-state index contributed by atoms with van der Waals surface area (Å²) in [6.07, 6.45) is -5.44. The van der Waals surface area contributed by atoms with Gasteiger partial charge in [-0.25, -0.2) is 0 Å². The first-order chi connectivity index (χ1) is 15.0. The molecule has 2 aromatic carbocycles. The highest BCUT2D eigenvalue weighted by Crippen LogP contribution is 2.29. The summed E-state index contributed by atoms with van der Waals surface area (Å²) in [6.45, 7) is 1.95. The summed E-state index contributed by atoms with van der Waals surface area (Å²) in [7, 11) is 0. The maximum Gasteiger partial charge on any atom is 0.229 e. The van der Waals surface area contributed by atoms with Crippen molar-refractivity contribution in [1.29, 1.82) is 0 Å². The molecular formula is C23H30O8. The first-order valence-electron chi connectivity index (χ1n) is 10.4. The Morgan fingerprint density at radius 1 is 0.903 bits per heavy atom. The van der Waals surface area contributed by atoms with E-state index in [1.54, 1.807) is 12.1 Å². The van der Waals surface area contributed by atoms with E-state index in [-0.39, 0.29) is 6.61 Å². The highest BCUT2D eigenvalue weighted by molar-refractivity contribution is 5.41. The van der Waals surface area contributed by atoms with Gasteiger partial charge in [-0.3, -0.25) is 0 Å². The van der Waals surface area contributed by atoms with E-state index in [4.69, 9.17) is 14.2 Å². The summed E-state index contributed by atoms with van der Waals surface area (Å²) in [5, 5.41) is 49.1. The van der Waals surface area contributed by atoms with Gasteiger partial charge in [0.1, 0.15) is 35.9 Å². The number of aliphatic hydroxyl groups excluding tert-OH is 5. The molecule has 8 nitrogen and oxygen atoms in total. The largest absolute Gasteiger partial charge is 0.494 e. The number of ether oxygens (including phenoxy) is 3. The van der Waals surface area contributed by atoms with E-state index in [9.17, 15) is 25.5 Å². The lowest BCUT2D eigenvalue weighted by molar-refractivity contribution is -0.277. The Morgan fingerprint density at radius 2 is 1.61 bits per heavy atom. The lowest BCUT2D eigenvalue weighted by Crippen LogP contribution is -2.60. The van der Waals surface area contributed by atoms with E-state index in [0.29, 0.717) is 24.3 Å². The van der Waals surface area contributed by atoms with Crippen molar-refractivity contribution in [1.82, 2.24) is 0 Å². The monoisotopic (exact) mass is 434 g/mol. The fraction of sp³-hybridized carbons (Fsp3) is 0.478. The van der Waals surface area contributed by atoms with E-state index in [1.165, 1.54) is 0 Å². The highest BCUT2D eigenvalue weighted by atomic mass is 16.7. The molecule has 170 valence electrons. The van der Waals surface area contributed by atoms with Crippen LogP contribution in [0.4, 0.5) is 0 Å². The lowest BCUT2D eigenvalue weighted by atomic mass is 9.99. The van der Waals surface area contributed by atoms with Gasteiger partial charge in [0.25, 0.3) is 0 Å². The van der Waals surface area contributed by atoms with Crippen molar-refractivity contribution >= 4 is 0 Å². The number of benzene rings is 2. The van der Waals surface area contributed by atoms with Crippen molar-refractivity contribution in [3.63, 3.8) is 0 Å². The minimum Gasteiger partial charge on any atom is -0.494 e. The maximum atomic E-state index is 10.3. The number of hydrogen-bond donors (Lipinski definition) is 5. The smallest absolute Gasteiger partial charge is 0.229 e. The first-order valence-corrected chi connectivity index (χ1v) is 10.4. The molecule has 2 aromatic rings. The first kappa shape index (κ1) is 23.5. The van der Waals surface area contributed by atoms with Gasteiger partial charge in [0.05, 0.1) is 19.8 Å². The van der Waals surface area contributed by atoms with Crippen LogP contribution >= 0.6 is 0 Å². The molecule has 8 heteroatoms. The summed E-state index contributed by atoms with van der Waals surface area (Å²) in [4.78, 5) is 0. The second-order valence-electron chi connectivity index (χ2n) is 7.58. The van der Waals surface area contributed by atoms with Crippen LogP contribution in [-0.2, 0) is 17.8 Å². The molecule has 1 heterocycles. The van der Waals surface area contributed by atoms with E-state index in [0.717, 1.165) is 23.3 Å². The molecule has 0 saturated carbocycles. The molecule has 3 rings (SSSR count). The maximum absolute atomic E-state index is 10.3. The summed E-state index contributed by atoms with van der Waals surface area (Å²) in [5.74, 6) is 1.15. The number of rotatable bonds is 9. The normalized spacial score (nSPS) is 25.9. The van der Waals surface area contributed by atoms with Gasteiger partial charge >= 0.3 is 0 Å². The standard InChI is InChI=1S/C23H30O8/c1-2-9-29-17-7-4-14(5-8-17)10-16-6-3-15(12-24)11-18(16)30-23-22(28)21(27)20(26)19(13-25)31-23/h3-8,11,19-28H,2,9-10,12-13H2,1H3/t19-,20-,21+,22-,23-/m1/s1. The third kappa shape index (κ3) is 5.74. The quantitative estimate of drug-likeness (QED) is 0.391. The fourth-order valence-corrected chi connectivity index (χ4v) is 3.39. The van der Waals surface area contributed by atoms with E-state index < -0.39 is 37.3 Å². The van der Waals surface area contributed by atoms with Gasteiger partial charge in [-0.2, -0.15) is 0 Å². The molecule has 5 N–H and O–H groups in total. The van der Waals surface area contributed by atoms with Gasteiger partial charge < -0.3 is 39.7 Å². The van der Waals surface area contributed by atoms with Crippen molar-refractivity contribution in [2.75, 3.05) is 13.2 Å². The van der Waals surface area contributed by atoms with Crippen molar-refractivity contribution in [3.05, 3.63) is 59.2 Å². The fourth-order valence-electron chi connectivity index (χ4n) is 3.39. The van der Waals surface area contributed by atoms with Gasteiger partial charge in [0, 0.05) is 6.42 Å². The van der Waals surface area contributed by atoms with Crippen LogP contribution in [0.2, 0.25) is 0 Å². The Bertz CT molecular complexity index is 823. The third-order valence-electron chi connectivity index (χ3n) is 5.20. The summed E-state index contributed by atoms with van der Waals surface area (Å²) in [5.41, 5.74) is 2.38.